The third kappa shape index (κ3) is 5.97. The van der Waals surface area contributed by atoms with Gasteiger partial charge in [0.15, 0.2) is 0 Å². The van der Waals surface area contributed by atoms with Crippen LogP contribution in [0.2, 0.25) is 0 Å². The van der Waals surface area contributed by atoms with Crippen LogP contribution in [0.3, 0.4) is 0 Å². The molecule has 0 saturated heterocycles. The Morgan fingerprint density at radius 2 is 1.88 bits per heavy atom. The lowest BCUT2D eigenvalue weighted by Gasteiger charge is -2.38. The van der Waals surface area contributed by atoms with Crippen LogP contribution >= 0.6 is 0 Å². The predicted molar refractivity (Wildman–Crippen MR) is 159 cm³/mol. The third-order valence-electron chi connectivity index (χ3n) is 8.22. The van der Waals surface area contributed by atoms with E-state index in [1.165, 1.54) is 0 Å². The van der Waals surface area contributed by atoms with E-state index in [1.54, 1.807) is 6.92 Å². The number of aromatic nitrogens is 4. The molecule has 41 heavy (non-hydrogen) atoms. The molecule has 2 aromatic carbocycles. The Balaban J connectivity index is 1.51. The minimum atomic E-state index is -0.505. The molecule has 1 aliphatic rings. The van der Waals surface area contributed by atoms with E-state index in [0.717, 1.165) is 66.5 Å². The van der Waals surface area contributed by atoms with Crippen LogP contribution in [-0.4, -0.2) is 42.6 Å². The van der Waals surface area contributed by atoms with Crippen molar-refractivity contribution in [2.24, 2.45) is 0 Å². The first-order chi connectivity index (χ1) is 19.7. The van der Waals surface area contributed by atoms with Gasteiger partial charge >= 0.3 is 0 Å². The Morgan fingerprint density at radius 3 is 2.54 bits per heavy atom. The lowest BCUT2D eigenvalue weighted by Crippen LogP contribution is -2.40. The second kappa shape index (κ2) is 12.0. The largest absolute Gasteiger partial charge is 0.391 e. The second-order valence-electron chi connectivity index (χ2n) is 11.6. The summed E-state index contributed by atoms with van der Waals surface area (Å²) in [5.74, 6) is 1.26. The fraction of sp³-hybridized carbons (Fsp3) is 0.455. The van der Waals surface area contributed by atoms with Crippen LogP contribution in [0.25, 0.3) is 16.9 Å². The predicted octanol–water partition coefficient (Wildman–Crippen LogP) is 5.55. The molecule has 1 saturated carbocycles. The van der Waals surface area contributed by atoms with Gasteiger partial charge in [0.25, 0.3) is 5.56 Å². The standard InChI is InChI=1S/C33H39N5O3/c1-5-8-30-29(19-24-11-13-25(14-12-24)28-10-7-6-9-26(28)20-34)31(40)37(32-35-23(3)36-38(30)32)27-15-17-33(4,18-16-27)41-21-22(2)39/h6-7,9-14,22,27,39H,5,8,15-19,21H2,1-4H3. The molecule has 2 heterocycles. The number of aryl methyl sites for hydroxylation is 2. The summed E-state index contributed by atoms with van der Waals surface area (Å²) in [5.41, 5.74) is 4.92. The van der Waals surface area contributed by atoms with Crippen molar-refractivity contribution in [3.63, 3.8) is 0 Å². The number of hydrogen-bond donors (Lipinski definition) is 1. The van der Waals surface area contributed by atoms with Crippen LogP contribution in [0.4, 0.5) is 0 Å². The van der Waals surface area contributed by atoms with Gasteiger partial charge in [-0.25, -0.2) is 4.52 Å². The number of aliphatic hydroxyl groups is 1. The van der Waals surface area contributed by atoms with Gasteiger partial charge in [-0.3, -0.25) is 9.36 Å². The zero-order valence-electron chi connectivity index (χ0n) is 24.4. The minimum Gasteiger partial charge on any atom is -0.391 e. The van der Waals surface area contributed by atoms with Gasteiger partial charge in [-0.2, -0.15) is 15.3 Å². The highest BCUT2D eigenvalue weighted by Gasteiger charge is 2.35. The van der Waals surface area contributed by atoms with Crippen molar-refractivity contribution in [3.8, 4) is 17.2 Å². The minimum absolute atomic E-state index is 0.00360. The van der Waals surface area contributed by atoms with Crippen molar-refractivity contribution in [2.45, 2.75) is 90.4 Å². The van der Waals surface area contributed by atoms with E-state index < -0.39 is 6.10 Å². The number of hydrogen-bond acceptors (Lipinski definition) is 6. The molecule has 2 aromatic heterocycles. The summed E-state index contributed by atoms with van der Waals surface area (Å²) >= 11 is 0. The Morgan fingerprint density at radius 1 is 1.17 bits per heavy atom. The maximum Gasteiger partial charge on any atom is 0.259 e. The van der Waals surface area contributed by atoms with Gasteiger partial charge < -0.3 is 9.84 Å². The monoisotopic (exact) mass is 553 g/mol. The van der Waals surface area contributed by atoms with Crippen LogP contribution < -0.4 is 5.56 Å². The van der Waals surface area contributed by atoms with Gasteiger partial charge in [-0.1, -0.05) is 55.8 Å². The summed E-state index contributed by atoms with van der Waals surface area (Å²) in [5, 5.41) is 24.0. The van der Waals surface area contributed by atoms with E-state index >= 15 is 0 Å². The summed E-state index contributed by atoms with van der Waals surface area (Å²) in [6.45, 7) is 8.13. The molecule has 1 atom stereocenters. The van der Waals surface area contributed by atoms with Gasteiger partial charge in [-0.05, 0) is 75.6 Å². The lowest BCUT2D eigenvalue weighted by atomic mass is 9.83. The van der Waals surface area contributed by atoms with Crippen LogP contribution in [0.5, 0.6) is 0 Å². The van der Waals surface area contributed by atoms with E-state index in [1.807, 2.05) is 64.5 Å². The van der Waals surface area contributed by atoms with Crippen molar-refractivity contribution < 1.29 is 9.84 Å². The smallest absolute Gasteiger partial charge is 0.259 e. The van der Waals surface area contributed by atoms with Crippen LogP contribution in [0, 0.1) is 18.3 Å². The van der Waals surface area contributed by atoms with Gasteiger partial charge in [0.05, 0.1) is 35.6 Å². The molecular weight excluding hydrogens is 514 g/mol. The first-order valence-corrected chi connectivity index (χ1v) is 14.6. The van der Waals surface area contributed by atoms with E-state index in [-0.39, 0.29) is 17.2 Å². The summed E-state index contributed by atoms with van der Waals surface area (Å²) in [6, 6.07) is 18.0. The average Bonchev–Trinajstić information content (AvgIpc) is 3.36. The molecule has 5 rings (SSSR count). The lowest BCUT2D eigenvalue weighted by molar-refractivity contribution is -0.0894. The van der Waals surface area contributed by atoms with Gasteiger partial charge in [0.1, 0.15) is 5.82 Å². The normalized spacial score (nSPS) is 19.8. The fourth-order valence-corrected chi connectivity index (χ4v) is 6.00. The summed E-state index contributed by atoms with van der Waals surface area (Å²) in [4.78, 5) is 19.0. The van der Waals surface area contributed by atoms with Crippen molar-refractivity contribution in [2.75, 3.05) is 6.61 Å². The molecule has 0 radical (unpaired) electrons. The number of fused-ring (bicyclic) bond motifs is 1. The highest BCUT2D eigenvalue weighted by Crippen LogP contribution is 2.37. The van der Waals surface area contributed by atoms with Crippen molar-refractivity contribution in [1.82, 2.24) is 19.2 Å². The van der Waals surface area contributed by atoms with Gasteiger partial charge in [0.2, 0.25) is 5.78 Å². The maximum atomic E-state index is 14.3. The SMILES string of the molecule is CCCc1c(Cc2ccc(-c3ccccc3C#N)cc2)c(=O)n(C2CCC(C)(OCC(C)O)CC2)c2nc(C)nn12. The molecule has 214 valence electrons. The number of nitriles is 1. The van der Waals surface area contributed by atoms with E-state index in [0.29, 0.717) is 30.2 Å². The van der Waals surface area contributed by atoms with E-state index in [4.69, 9.17) is 14.8 Å². The topological polar surface area (TPSA) is 105 Å². The fourth-order valence-electron chi connectivity index (χ4n) is 6.00. The maximum absolute atomic E-state index is 14.3. The Labute approximate surface area is 241 Å². The summed E-state index contributed by atoms with van der Waals surface area (Å²) in [7, 11) is 0. The van der Waals surface area contributed by atoms with Gasteiger partial charge in [0, 0.05) is 18.0 Å². The molecule has 4 aromatic rings. The zero-order chi connectivity index (χ0) is 29.1. The highest BCUT2D eigenvalue weighted by atomic mass is 16.5. The number of nitrogens with zero attached hydrogens (tertiary/aromatic N) is 5. The van der Waals surface area contributed by atoms with E-state index in [2.05, 4.69) is 19.9 Å². The molecule has 1 unspecified atom stereocenters. The van der Waals surface area contributed by atoms with Crippen LogP contribution in [0.1, 0.15) is 87.1 Å². The molecule has 1 N–H and O–H groups in total. The Bertz CT molecular complexity index is 1620. The molecule has 0 spiro atoms. The van der Waals surface area contributed by atoms with Crippen molar-refractivity contribution in [3.05, 3.63) is 87.1 Å². The average molecular weight is 554 g/mol. The molecule has 0 aliphatic heterocycles. The van der Waals surface area contributed by atoms with Gasteiger partial charge in [-0.15, -0.1) is 0 Å². The third-order valence-corrected chi connectivity index (χ3v) is 8.22. The Kier molecular flexibility index (Phi) is 8.39. The number of rotatable bonds is 9. The quantitative estimate of drug-likeness (QED) is 0.291. The summed E-state index contributed by atoms with van der Waals surface area (Å²) < 4.78 is 9.83. The number of aliphatic hydroxyl groups excluding tert-OH is 1. The Hall–Kier alpha value is -3.80. The molecule has 1 aliphatic carbocycles. The van der Waals surface area contributed by atoms with Crippen LogP contribution in [-0.2, 0) is 17.6 Å². The van der Waals surface area contributed by atoms with Crippen LogP contribution in [0.15, 0.2) is 53.3 Å². The first kappa shape index (κ1) is 28.7. The van der Waals surface area contributed by atoms with E-state index in [9.17, 15) is 15.2 Å². The number of benzene rings is 2. The number of ether oxygens (including phenoxy) is 1. The first-order valence-electron chi connectivity index (χ1n) is 14.6. The van der Waals surface area contributed by atoms with Crippen molar-refractivity contribution >= 4 is 5.78 Å². The molecule has 1 fully saturated rings. The van der Waals surface area contributed by atoms with Crippen molar-refractivity contribution in [1.29, 1.82) is 5.26 Å². The second-order valence-corrected chi connectivity index (χ2v) is 11.6. The highest BCUT2D eigenvalue weighted by molar-refractivity contribution is 5.70. The molecule has 8 nitrogen and oxygen atoms in total. The molecular formula is C33H39N5O3. The molecule has 8 heteroatoms. The summed E-state index contributed by atoms with van der Waals surface area (Å²) in [6.07, 6.45) is 4.78. The zero-order valence-corrected chi connectivity index (χ0v) is 24.4. The molecule has 0 amide bonds. The molecule has 0 bridgehead atoms.